The molecule has 2 nitrogen and oxygen atoms in total. The highest BCUT2D eigenvalue weighted by molar-refractivity contribution is 6.33. The fourth-order valence-corrected chi connectivity index (χ4v) is 5.83. The molecule has 2 aromatic heterocycles. The Bertz CT molecular complexity index is 1920. The number of para-hydroxylation sites is 2. The van der Waals surface area contributed by atoms with Gasteiger partial charge in [-0.3, -0.25) is 0 Å². The van der Waals surface area contributed by atoms with Crippen LogP contribution in [0.5, 0.6) is 0 Å². The minimum Gasteiger partial charge on any atom is -0.354 e. The zero-order valence-electron chi connectivity index (χ0n) is 19.5. The van der Waals surface area contributed by atoms with E-state index >= 15 is 0 Å². The van der Waals surface area contributed by atoms with Crippen LogP contribution in [-0.2, 0) is 0 Å². The second-order valence-electron chi connectivity index (χ2n) is 9.11. The predicted molar refractivity (Wildman–Crippen MR) is 150 cm³/mol. The van der Waals surface area contributed by atoms with E-state index in [4.69, 9.17) is 0 Å². The van der Waals surface area contributed by atoms with Crippen LogP contribution in [0, 0.1) is 6.92 Å². The van der Waals surface area contributed by atoms with E-state index in [2.05, 4.69) is 126 Å². The van der Waals surface area contributed by atoms with Crippen LogP contribution >= 0.6 is 0 Å². The van der Waals surface area contributed by atoms with E-state index in [0.29, 0.717) is 0 Å². The first-order chi connectivity index (χ1) is 17.3. The molecular weight excluding hydrogens is 424 g/mol. The summed E-state index contributed by atoms with van der Waals surface area (Å²) in [5, 5.41) is 6.30. The van der Waals surface area contributed by atoms with Crippen molar-refractivity contribution >= 4 is 49.6 Å². The van der Waals surface area contributed by atoms with Gasteiger partial charge in [-0.15, -0.1) is 0 Å². The predicted octanol–water partition coefficient (Wildman–Crippen LogP) is 9.04. The number of fused-ring (bicyclic) bond motifs is 8. The number of nitrogens with zero attached hydrogens (tertiary/aromatic N) is 1. The summed E-state index contributed by atoms with van der Waals surface area (Å²) in [7, 11) is 0. The van der Waals surface area contributed by atoms with Crippen molar-refractivity contribution < 1.29 is 0 Å². The van der Waals surface area contributed by atoms with Crippen LogP contribution in [0.2, 0.25) is 0 Å². The van der Waals surface area contributed by atoms with Gasteiger partial charge in [0.1, 0.15) is 0 Å². The maximum atomic E-state index is 4.12. The summed E-state index contributed by atoms with van der Waals surface area (Å²) in [5.74, 6) is 0. The number of rotatable bonds is 3. The summed E-state index contributed by atoms with van der Waals surface area (Å²) in [6, 6.07) is 36.7. The highest BCUT2D eigenvalue weighted by atomic mass is 15.0. The molecule has 35 heavy (non-hydrogen) atoms. The molecule has 0 atom stereocenters. The lowest BCUT2D eigenvalue weighted by atomic mass is 9.93. The maximum Gasteiger partial charge on any atom is 0.0644 e. The average Bonchev–Trinajstić information content (AvgIpc) is 3.44. The SMILES string of the molecule is C=Cc1ccccc1-c1c(C)n(-c2ccccc2)c2c1c1ccccc1c1[nH]c3ccccc3c12. The zero-order chi connectivity index (χ0) is 23.5. The Morgan fingerprint density at radius 2 is 1.34 bits per heavy atom. The molecule has 0 aliphatic carbocycles. The minimum absolute atomic E-state index is 1.14. The highest BCUT2D eigenvalue weighted by Crippen LogP contribution is 2.47. The van der Waals surface area contributed by atoms with Crippen LogP contribution < -0.4 is 0 Å². The molecule has 5 aromatic carbocycles. The van der Waals surface area contributed by atoms with Crippen molar-refractivity contribution in [1.29, 1.82) is 0 Å². The van der Waals surface area contributed by atoms with Gasteiger partial charge in [0.25, 0.3) is 0 Å². The van der Waals surface area contributed by atoms with Gasteiger partial charge >= 0.3 is 0 Å². The third kappa shape index (κ3) is 2.71. The van der Waals surface area contributed by atoms with Gasteiger partial charge in [-0.25, -0.2) is 0 Å². The number of aromatic nitrogens is 2. The second kappa shape index (κ2) is 7.48. The number of hydrogen-bond acceptors (Lipinski definition) is 0. The number of nitrogens with one attached hydrogen (secondary N) is 1. The molecule has 0 unspecified atom stereocenters. The summed E-state index contributed by atoms with van der Waals surface area (Å²) >= 11 is 0. The van der Waals surface area contributed by atoms with Crippen LogP contribution in [0.15, 0.2) is 110 Å². The van der Waals surface area contributed by atoms with Crippen molar-refractivity contribution in [2.24, 2.45) is 0 Å². The van der Waals surface area contributed by atoms with Gasteiger partial charge < -0.3 is 9.55 Å². The monoisotopic (exact) mass is 448 g/mol. The number of benzene rings is 5. The van der Waals surface area contributed by atoms with Crippen LogP contribution in [0.25, 0.3) is 66.4 Å². The molecule has 0 saturated carbocycles. The Morgan fingerprint density at radius 3 is 2.14 bits per heavy atom. The van der Waals surface area contributed by atoms with E-state index in [1.807, 2.05) is 6.08 Å². The molecular formula is C33H24N2. The van der Waals surface area contributed by atoms with E-state index in [0.717, 1.165) is 11.1 Å². The first-order valence-electron chi connectivity index (χ1n) is 12.0. The molecule has 7 aromatic rings. The molecule has 0 fully saturated rings. The van der Waals surface area contributed by atoms with Crippen molar-refractivity contribution in [3.05, 3.63) is 121 Å². The maximum absolute atomic E-state index is 4.12. The topological polar surface area (TPSA) is 20.7 Å². The largest absolute Gasteiger partial charge is 0.354 e. The van der Waals surface area contributed by atoms with E-state index in [-0.39, 0.29) is 0 Å². The molecule has 2 heteroatoms. The molecule has 0 aliphatic heterocycles. The number of hydrogen-bond donors (Lipinski definition) is 1. The molecule has 2 heterocycles. The van der Waals surface area contributed by atoms with Crippen LogP contribution in [0.3, 0.4) is 0 Å². The molecule has 0 amide bonds. The summed E-state index contributed by atoms with van der Waals surface area (Å²) in [5.41, 5.74) is 9.60. The first-order valence-corrected chi connectivity index (χ1v) is 12.0. The first kappa shape index (κ1) is 19.9. The van der Waals surface area contributed by atoms with Gasteiger partial charge in [-0.2, -0.15) is 0 Å². The van der Waals surface area contributed by atoms with Gasteiger partial charge in [0, 0.05) is 44.0 Å². The average molecular weight is 449 g/mol. The Labute approximate surface area is 203 Å². The van der Waals surface area contributed by atoms with Crippen LogP contribution in [0.1, 0.15) is 11.3 Å². The lowest BCUT2D eigenvalue weighted by Gasteiger charge is -2.11. The lowest BCUT2D eigenvalue weighted by Crippen LogP contribution is -1.97. The fraction of sp³-hybridized carbons (Fsp3) is 0.0303. The molecule has 0 saturated heterocycles. The summed E-state index contributed by atoms with van der Waals surface area (Å²) in [6.45, 7) is 6.37. The fourth-order valence-electron chi connectivity index (χ4n) is 5.83. The summed E-state index contributed by atoms with van der Waals surface area (Å²) < 4.78 is 2.44. The van der Waals surface area contributed by atoms with E-state index in [9.17, 15) is 0 Å². The van der Waals surface area contributed by atoms with E-state index in [1.54, 1.807) is 0 Å². The van der Waals surface area contributed by atoms with Crippen molar-refractivity contribution in [1.82, 2.24) is 9.55 Å². The van der Waals surface area contributed by atoms with Gasteiger partial charge in [-0.05, 0) is 41.6 Å². The number of H-pyrrole nitrogens is 1. The lowest BCUT2D eigenvalue weighted by molar-refractivity contribution is 1.06. The molecule has 0 spiro atoms. The molecule has 0 bridgehead atoms. The molecule has 0 aliphatic rings. The van der Waals surface area contributed by atoms with Crippen LogP contribution in [0.4, 0.5) is 0 Å². The third-order valence-electron chi connectivity index (χ3n) is 7.28. The quantitative estimate of drug-likeness (QED) is 0.278. The van der Waals surface area contributed by atoms with Crippen molar-refractivity contribution in [2.45, 2.75) is 6.92 Å². The Morgan fingerprint density at radius 1 is 0.686 bits per heavy atom. The molecule has 7 rings (SSSR count). The van der Waals surface area contributed by atoms with Gasteiger partial charge in [0.05, 0.1) is 11.0 Å². The van der Waals surface area contributed by atoms with Crippen molar-refractivity contribution in [3.8, 4) is 16.8 Å². The highest BCUT2D eigenvalue weighted by Gasteiger charge is 2.24. The van der Waals surface area contributed by atoms with Crippen molar-refractivity contribution in [3.63, 3.8) is 0 Å². The normalized spacial score (nSPS) is 11.7. The smallest absolute Gasteiger partial charge is 0.0644 e. The Hall–Kier alpha value is -4.56. The van der Waals surface area contributed by atoms with E-state index < -0.39 is 0 Å². The standard InChI is InChI=1S/C33H24N2/c1-3-22-13-7-8-16-24(22)29-21(2)35(23-14-5-4-6-15-23)33-30(29)25-17-9-10-18-26(25)32-31(33)27-19-11-12-20-28(27)34-32/h3-20,34H,1H2,2H3. The summed E-state index contributed by atoms with van der Waals surface area (Å²) in [6.07, 6.45) is 1.97. The van der Waals surface area contributed by atoms with Crippen LogP contribution in [-0.4, -0.2) is 9.55 Å². The van der Waals surface area contributed by atoms with Gasteiger partial charge in [0.15, 0.2) is 0 Å². The molecule has 0 radical (unpaired) electrons. The van der Waals surface area contributed by atoms with E-state index in [1.165, 1.54) is 60.5 Å². The Balaban J connectivity index is 1.84. The summed E-state index contributed by atoms with van der Waals surface area (Å²) in [4.78, 5) is 3.75. The second-order valence-corrected chi connectivity index (χ2v) is 9.11. The van der Waals surface area contributed by atoms with Crippen molar-refractivity contribution in [2.75, 3.05) is 0 Å². The third-order valence-corrected chi connectivity index (χ3v) is 7.28. The molecule has 166 valence electrons. The van der Waals surface area contributed by atoms with Gasteiger partial charge in [-0.1, -0.05) is 97.6 Å². The minimum atomic E-state index is 1.14. The molecule has 1 N–H and O–H groups in total. The van der Waals surface area contributed by atoms with Gasteiger partial charge in [0.2, 0.25) is 0 Å². The Kier molecular flexibility index (Phi) is 4.24. The zero-order valence-corrected chi connectivity index (χ0v) is 19.5. The number of aromatic amines is 1.